The van der Waals surface area contributed by atoms with Gasteiger partial charge in [0.2, 0.25) is 0 Å². The molecule has 2 aromatic rings. The molecule has 168 valence electrons. The minimum atomic E-state index is -0.536. The van der Waals surface area contributed by atoms with Gasteiger partial charge >= 0.3 is 0 Å². The van der Waals surface area contributed by atoms with E-state index >= 15 is 0 Å². The molecule has 0 aliphatic carbocycles. The number of ether oxygens (including phenoxy) is 2. The molecule has 0 saturated carbocycles. The molecule has 6 nitrogen and oxygen atoms in total. The summed E-state index contributed by atoms with van der Waals surface area (Å²) < 4.78 is 24.7. The van der Waals surface area contributed by atoms with Gasteiger partial charge in [0.05, 0.1) is 25.9 Å². The maximum absolute atomic E-state index is 13.4. The van der Waals surface area contributed by atoms with Gasteiger partial charge in [0.15, 0.2) is 17.2 Å². The van der Waals surface area contributed by atoms with Crippen molar-refractivity contribution in [1.82, 2.24) is 10.4 Å². The summed E-state index contributed by atoms with van der Waals surface area (Å²) in [4.78, 5) is 7.96. The van der Waals surface area contributed by atoms with Gasteiger partial charge in [-0.25, -0.2) is 4.39 Å². The van der Waals surface area contributed by atoms with E-state index < -0.39 is 6.10 Å². The van der Waals surface area contributed by atoms with Crippen molar-refractivity contribution in [2.24, 2.45) is 5.92 Å². The van der Waals surface area contributed by atoms with Gasteiger partial charge in [0, 0.05) is 18.2 Å². The van der Waals surface area contributed by atoms with Gasteiger partial charge in [-0.1, -0.05) is 12.1 Å². The van der Waals surface area contributed by atoms with E-state index in [1.165, 1.54) is 12.1 Å². The molecule has 4 rings (SSSR count). The number of likely N-dealkylation sites (tertiary alicyclic amines) is 1. The van der Waals surface area contributed by atoms with Crippen LogP contribution in [0.15, 0.2) is 36.4 Å². The van der Waals surface area contributed by atoms with Crippen LogP contribution in [-0.2, 0) is 0 Å². The first-order valence-electron chi connectivity index (χ1n) is 11.0. The average Bonchev–Trinajstić information content (AvgIpc) is 3.20. The standard InChI is InChI=1S/C24H31FN2O4/c1-16(28)18-4-7-21(23(14-18)29-2)30-13-3-10-27-11-8-17(9-12-27)24-20-6-5-19(25)15-22(20)31-26-24/h4-7,14-17,24,26,28H,3,8-13H2,1-2H3/t16-,24-/m0/s1. The summed E-state index contributed by atoms with van der Waals surface area (Å²) in [6, 6.07) is 10.5. The lowest BCUT2D eigenvalue weighted by Crippen LogP contribution is -2.38. The summed E-state index contributed by atoms with van der Waals surface area (Å²) in [5.74, 6) is 2.17. The van der Waals surface area contributed by atoms with E-state index in [-0.39, 0.29) is 11.9 Å². The number of nitrogens with zero attached hydrogens (tertiary/aromatic N) is 1. The number of rotatable bonds is 8. The fourth-order valence-corrected chi connectivity index (χ4v) is 4.44. The predicted octanol–water partition coefficient (Wildman–Crippen LogP) is 4.01. The molecule has 31 heavy (non-hydrogen) atoms. The number of benzene rings is 2. The number of methoxy groups -OCH3 is 1. The van der Waals surface area contributed by atoms with E-state index in [1.54, 1.807) is 14.0 Å². The highest BCUT2D eigenvalue weighted by atomic mass is 19.1. The van der Waals surface area contributed by atoms with E-state index in [0.717, 1.165) is 50.0 Å². The number of nitrogens with one attached hydrogen (secondary N) is 1. The molecule has 0 bridgehead atoms. The first-order chi connectivity index (χ1) is 15.0. The van der Waals surface area contributed by atoms with Crippen LogP contribution in [0.1, 0.15) is 49.5 Å². The van der Waals surface area contributed by atoms with Crippen molar-refractivity contribution in [2.75, 3.05) is 33.4 Å². The molecular formula is C24H31FN2O4. The van der Waals surface area contributed by atoms with E-state index in [0.29, 0.717) is 29.8 Å². The Morgan fingerprint density at radius 3 is 2.74 bits per heavy atom. The number of hydroxylamine groups is 1. The van der Waals surface area contributed by atoms with Crippen LogP contribution < -0.4 is 19.8 Å². The fraction of sp³-hybridized carbons (Fsp3) is 0.500. The van der Waals surface area contributed by atoms with Gasteiger partial charge < -0.3 is 24.3 Å². The topological polar surface area (TPSA) is 63.2 Å². The largest absolute Gasteiger partial charge is 0.493 e. The fourth-order valence-electron chi connectivity index (χ4n) is 4.44. The highest BCUT2D eigenvalue weighted by Crippen LogP contribution is 2.39. The minimum absolute atomic E-state index is 0.137. The van der Waals surface area contributed by atoms with E-state index in [2.05, 4.69) is 10.4 Å². The third-order valence-electron chi connectivity index (χ3n) is 6.26. The maximum atomic E-state index is 13.4. The Balaban J connectivity index is 1.20. The third kappa shape index (κ3) is 5.11. The van der Waals surface area contributed by atoms with Crippen molar-refractivity contribution >= 4 is 0 Å². The molecule has 0 unspecified atom stereocenters. The van der Waals surface area contributed by atoms with Crippen molar-refractivity contribution in [2.45, 2.75) is 38.3 Å². The van der Waals surface area contributed by atoms with Crippen LogP contribution in [0.5, 0.6) is 17.2 Å². The summed E-state index contributed by atoms with van der Waals surface area (Å²) in [7, 11) is 1.61. The zero-order chi connectivity index (χ0) is 21.8. The monoisotopic (exact) mass is 430 g/mol. The summed E-state index contributed by atoms with van der Waals surface area (Å²) >= 11 is 0. The first-order valence-corrected chi connectivity index (χ1v) is 11.0. The molecule has 2 heterocycles. The Morgan fingerprint density at radius 1 is 1.19 bits per heavy atom. The van der Waals surface area contributed by atoms with Crippen molar-refractivity contribution in [1.29, 1.82) is 0 Å². The molecule has 2 atom stereocenters. The molecule has 0 aromatic heterocycles. The number of aliphatic hydroxyl groups excluding tert-OH is 1. The maximum Gasteiger partial charge on any atom is 0.161 e. The molecule has 2 N–H and O–H groups in total. The second kappa shape index (κ2) is 9.85. The van der Waals surface area contributed by atoms with E-state index in [1.807, 2.05) is 24.3 Å². The van der Waals surface area contributed by atoms with Crippen LogP contribution >= 0.6 is 0 Å². The lowest BCUT2D eigenvalue weighted by molar-refractivity contribution is 0.109. The molecule has 0 amide bonds. The zero-order valence-electron chi connectivity index (χ0n) is 18.1. The number of hydrogen-bond acceptors (Lipinski definition) is 6. The summed E-state index contributed by atoms with van der Waals surface area (Å²) in [6.45, 7) is 5.39. The zero-order valence-corrected chi connectivity index (χ0v) is 18.1. The molecule has 2 aliphatic heterocycles. The van der Waals surface area contributed by atoms with Crippen LogP contribution in [-0.4, -0.2) is 43.4 Å². The SMILES string of the molecule is COc1cc([C@H](C)O)ccc1OCCCN1CCC([C@@H]2NOc3cc(F)ccc32)CC1. The molecule has 2 aromatic carbocycles. The van der Waals surface area contributed by atoms with Gasteiger partial charge in [-0.05, 0) is 69.0 Å². The second-order valence-electron chi connectivity index (χ2n) is 8.35. The molecule has 2 aliphatic rings. The smallest absolute Gasteiger partial charge is 0.161 e. The van der Waals surface area contributed by atoms with Crippen LogP contribution in [0.25, 0.3) is 0 Å². The Bertz CT molecular complexity index is 884. The highest BCUT2D eigenvalue weighted by molar-refractivity contribution is 5.43. The van der Waals surface area contributed by atoms with Gasteiger partial charge in [-0.15, -0.1) is 5.48 Å². The van der Waals surface area contributed by atoms with Gasteiger partial charge in [-0.2, -0.15) is 0 Å². The van der Waals surface area contributed by atoms with Crippen molar-refractivity contribution in [3.63, 3.8) is 0 Å². The summed E-state index contributed by atoms with van der Waals surface area (Å²) in [6.07, 6.45) is 2.55. The number of halogens is 1. The molecule has 1 fully saturated rings. The summed E-state index contributed by atoms with van der Waals surface area (Å²) in [5.41, 5.74) is 4.96. The molecular weight excluding hydrogens is 399 g/mol. The third-order valence-corrected chi connectivity index (χ3v) is 6.26. The van der Waals surface area contributed by atoms with Crippen LogP contribution in [0.2, 0.25) is 0 Å². The number of fused-ring (bicyclic) bond motifs is 1. The predicted molar refractivity (Wildman–Crippen MR) is 116 cm³/mol. The van der Waals surface area contributed by atoms with Gasteiger partial charge in [0.25, 0.3) is 0 Å². The highest BCUT2D eigenvalue weighted by Gasteiger charge is 2.33. The van der Waals surface area contributed by atoms with E-state index in [9.17, 15) is 9.50 Å². The van der Waals surface area contributed by atoms with Crippen molar-refractivity contribution < 1.29 is 23.8 Å². The molecule has 0 radical (unpaired) electrons. The Kier molecular flexibility index (Phi) is 6.95. The average molecular weight is 431 g/mol. The quantitative estimate of drug-likeness (QED) is 0.617. The second-order valence-corrected chi connectivity index (χ2v) is 8.35. The first kappa shape index (κ1) is 21.9. The Morgan fingerprint density at radius 2 is 2.00 bits per heavy atom. The Labute approximate surface area is 182 Å². The lowest BCUT2D eigenvalue weighted by Gasteiger charge is -2.34. The number of piperidine rings is 1. The van der Waals surface area contributed by atoms with E-state index in [4.69, 9.17) is 14.3 Å². The van der Waals surface area contributed by atoms with Gasteiger partial charge in [0.1, 0.15) is 5.82 Å². The Hall–Kier alpha value is -2.35. The van der Waals surface area contributed by atoms with Crippen LogP contribution in [0, 0.1) is 11.7 Å². The van der Waals surface area contributed by atoms with Gasteiger partial charge in [-0.3, -0.25) is 0 Å². The molecule has 1 saturated heterocycles. The lowest BCUT2D eigenvalue weighted by atomic mass is 9.86. The van der Waals surface area contributed by atoms with Crippen LogP contribution in [0.4, 0.5) is 4.39 Å². The van der Waals surface area contributed by atoms with Crippen LogP contribution in [0.3, 0.4) is 0 Å². The van der Waals surface area contributed by atoms with Crippen molar-refractivity contribution in [3.8, 4) is 17.2 Å². The normalized spacial score (nSPS) is 20.2. The minimum Gasteiger partial charge on any atom is -0.493 e. The summed E-state index contributed by atoms with van der Waals surface area (Å²) in [5, 5.41) is 9.71. The molecule has 0 spiro atoms. The number of aliphatic hydroxyl groups is 1. The molecule has 7 heteroatoms. The van der Waals surface area contributed by atoms with Crippen molar-refractivity contribution in [3.05, 3.63) is 53.3 Å². The number of hydrogen-bond donors (Lipinski definition) is 2.